The van der Waals surface area contributed by atoms with Crippen molar-refractivity contribution in [2.45, 2.75) is 0 Å². The number of anilines is 1. The van der Waals surface area contributed by atoms with E-state index in [9.17, 15) is 9.18 Å². The largest absolute Gasteiger partial charge is 0.497 e. The number of hydrogen-bond donors (Lipinski definition) is 1. The minimum Gasteiger partial charge on any atom is -0.497 e. The van der Waals surface area contributed by atoms with E-state index < -0.39 is 11.7 Å². The molecule has 0 fully saturated rings. The average Bonchev–Trinajstić information content (AvgIpc) is 3.05. The number of methoxy groups -OCH3 is 1. The summed E-state index contributed by atoms with van der Waals surface area (Å²) in [5.41, 5.74) is 1.31. The fourth-order valence-electron chi connectivity index (χ4n) is 2.12. The Labute approximate surface area is 131 Å². The molecule has 2 aromatic carbocycles. The van der Waals surface area contributed by atoms with Crippen LogP contribution in [0.2, 0.25) is 0 Å². The first-order chi connectivity index (χ1) is 11.2. The Balaban J connectivity index is 1.86. The lowest BCUT2D eigenvalue weighted by Crippen LogP contribution is -2.12. The molecule has 1 amide bonds. The van der Waals surface area contributed by atoms with E-state index in [-0.39, 0.29) is 5.56 Å². The van der Waals surface area contributed by atoms with Gasteiger partial charge in [0.2, 0.25) is 0 Å². The second-order valence-electron chi connectivity index (χ2n) is 4.76. The van der Waals surface area contributed by atoms with E-state index in [1.807, 2.05) is 0 Å². The van der Waals surface area contributed by atoms with Gasteiger partial charge in [-0.2, -0.15) is 0 Å². The van der Waals surface area contributed by atoms with E-state index in [1.165, 1.54) is 24.4 Å². The maximum absolute atomic E-state index is 13.2. The van der Waals surface area contributed by atoms with Crippen molar-refractivity contribution in [3.63, 3.8) is 0 Å². The zero-order chi connectivity index (χ0) is 16.2. The molecule has 0 spiro atoms. The molecular weight excluding hydrogens is 299 g/mol. The summed E-state index contributed by atoms with van der Waals surface area (Å²) in [5, 5.41) is 6.29. The maximum atomic E-state index is 13.2. The van der Waals surface area contributed by atoms with Crippen LogP contribution in [0.25, 0.3) is 11.3 Å². The Morgan fingerprint density at radius 2 is 2.00 bits per heavy atom. The van der Waals surface area contributed by atoms with Crippen LogP contribution in [0, 0.1) is 5.82 Å². The van der Waals surface area contributed by atoms with Gasteiger partial charge in [-0.3, -0.25) is 4.79 Å². The van der Waals surface area contributed by atoms with Crippen LogP contribution in [-0.4, -0.2) is 18.2 Å². The fourth-order valence-corrected chi connectivity index (χ4v) is 2.12. The van der Waals surface area contributed by atoms with Crippen molar-refractivity contribution < 1.29 is 18.4 Å². The summed E-state index contributed by atoms with van der Waals surface area (Å²) < 4.78 is 23.5. The highest BCUT2D eigenvalue weighted by Crippen LogP contribution is 2.26. The molecule has 0 bridgehead atoms. The summed E-state index contributed by atoms with van der Waals surface area (Å²) in [7, 11) is 1.57. The topological polar surface area (TPSA) is 64.4 Å². The summed E-state index contributed by atoms with van der Waals surface area (Å²) in [6.45, 7) is 0. The zero-order valence-corrected chi connectivity index (χ0v) is 12.2. The van der Waals surface area contributed by atoms with Crippen molar-refractivity contribution in [2.75, 3.05) is 12.4 Å². The Kier molecular flexibility index (Phi) is 4.05. The van der Waals surface area contributed by atoms with Gasteiger partial charge in [0, 0.05) is 11.3 Å². The van der Waals surface area contributed by atoms with Crippen molar-refractivity contribution in [3.05, 3.63) is 66.1 Å². The summed E-state index contributed by atoms with van der Waals surface area (Å²) in [6, 6.07) is 12.7. The molecule has 3 aromatic rings. The van der Waals surface area contributed by atoms with E-state index in [1.54, 1.807) is 37.4 Å². The van der Waals surface area contributed by atoms with Crippen LogP contribution in [-0.2, 0) is 0 Å². The third kappa shape index (κ3) is 3.21. The fraction of sp³-hybridized carbons (Fsp3) is 0.0588. The normalized spacial score (nSPS) is 10.3. The van der Waals surface area contributed by atoms with Gasteiger partial charge >= 0.3 is 0 Å². The van der Waals surface area contributed by atoms with E-state index in [4.69, 9.17) is 9.26 Å². The van der Waals surface area contributed by atoms with Crippen molar-refractivity contribution in [2.24, 2.45) is 0 Å². The van der Waals surface area contributed by atoms with E-state index in [0.29, 0.717) is 22.8 Å². The van der Waals surface area contributed by atoms with Gasteiger partial charge in [0.1, 0.15) is 17.1 Å². The van der Waals surface area contributed by atoms with Gasteiger partial charge in [0.25, 0.3) is 5.91 Å². The molecule has 1 heterocycles. The number of carbonyl (C=O) groups is 1. The number of rotatable bonds is 4. The van der Waals surface area contributed by atoms with Gasteiger partial charge < -0.3 is 14.6 Å². The Morgan fingerprint density at radius 3 is 2.70 bits per heavy atom. The standard InChI is InChI=1S/C17H13FN2O3/c1-22-14-7-5-11(6-8-14)16-15(10-19-23-16)17(21)20-13-4-2-3-12(18)9-13/h2-10H,1H3,(H,20,21). The second kappa shape index (κ2) is 6.31. The van der Waals surface area contributed by atoms with Gasteiger partial charge in [-0.25, -0.2) is 4.39 Å². The Hall–Kier alpha value is -3.15. The number of benzene rings is 2. The van der Waals surface area contributed by atoms with Crippen molar-refractivity contribution >= 4 is 11.6 Å². The number of amides is 1. The van der Waals surface area contributed by atoms with Crippen molar-refractivity contribution in [1.29, 1.82) is 0 Å². The summed E-state index contributed by atoms with van der Waals surface area (Å²) in [5.74, 6) is 0.173. The molecule has 1 N–H and O–H groups in total. The predicted molar refractivity (Wildman–Crippen MR) is 82.8 cm³/mol. The number of halogens is 1. The molecule has 0 radical (unpaired) electrons. The lowest BCUT2D eigenvalue weighted by Gasteiger charge is -2.05. The van der Waals surface area contributed by atoms with Crippen LogP contribution in [0.1, 0.15) is 10.4 Å². The third-order valence-electron chi connectivity index (χ3n) is 3.25. The lowest BCUT2D eigenvalue weighted by molar-refractivity contribution is 0.102. The first kappa shape index (κ1) is 14.8. The molecule has 0 aliphatic rings. The number of nitrogens with zero attached hydrogens (tertiary/aromatic N) is 1. The first-order valence-corrected chi connectivity index (χ1v) is 6.83. The first-order valence-electron chi connectivity index (χ1n) is 6.83. The Morgan fingerprint density at radius 1 is 1.22 bits per heavy atom. The van der Waals surface area contributed by atoms with Gasteiger partial charge in [0.05, 0.1) is 13.3 Å². The van der Waals surface area contributed by atoms with Gasteiger partial charge in [0.15, 0.2) is 5.76 Å². The van der Waals surface area contributed by atoms with Crippen molar-refractivity contribution in [1.82, 2.24) is 5.16 Å². The van der Waals surface area contributed by atoms with Gasteiger partial charge in [-0.05, 0) is 42.5 Å². The molecule has 0 aliphatic heterocycles. The summed E-state index contributed by atoms with van der Waals surface area (Å²) in [4.78, 5) is 12.3. The molecule has 23 heavy (non-hydrogen) atoms. The molecule has 1 aromatic heterocycles. The van der Waals surface area contributed by atoms with Crippen LogP contribution in [0.5, 0.6) is 5.75 Å². The molecule has 0 saturated heterocycles. The molecule has 3 rings (SSSR count). The molecule has 5 nitrogen and oxygen atoms in total. The zero-order valence-electron chi connectivity index (χ0n) is 12.2. The molecule has 6 heteroatoms. The summed E-state index contributed by atoms with van der Waals surface area (Å²) in [6.07, 6.45) is 1.33. The minimum absolute atomic E-state index is 0.263. The number of nitrogens with one attached hydrogen (secondary N) is 1. The minimum atomic E-state index is -0.428. The quantitative estimate of drug-likeness (QED) is 0.797. The van der Waals surface area contributed by atoms with Crippen LogP contribution in [0.15, 0.2) is 59.3 Å². The van der Waals surface area contributed by atoms with Gasteiger partial charge in [-0.1, -0.05) is 11.2 Å². The van der Waals surface area contributed by atoms with E-state index >= 15 is 0 Å². The van der Waals surface area contributed by atoms with E-state index in [2.05, 4.69) is 10.5 Å². The highest BCUT2D eigenvalue weighted by molar-refractivity contribution is 6.07. The van der Waals surface area contributed by atoms with Crippen molar-refractivity contribution in [3.8, 4) is 17.1 Å². The average molecular weight is 312 g/mol. The highest BCUT2D eigenvalue weighted by atomic mass is 19.1. The SMILES string of the molecule is COc1ccc(-c2oncc2C(=O)Nc2cccc(F)c2)cc1. The van der Waals surface area contributed by atoms with E-state index in [0.717, 1.165) is 0 Å². The van der Waals surface area contributed by atoms with Gasteiger partial charge in [-0.15, -0.1) is 0 Å². The molecular formula is C17H13FN2O3. The second-order valence-corrected chi connectivity index (χ2v) is 4.76. The molecule has 0 saturated carbocycles. The summed E-state index contributed by atoms with van der Waals surface area (Å²) >= 11 is 0. The maximum Gasteiger partial charge on any atom is 0.261 e. The number of carbonyl (C=O) groups excluding carboxylic acids is 1. The number of hydrogen-bond acceptors (Lipinski definition) is 4. The number of aromatic nitrogens is 1. The lowest BCUT2D eigenvalue weighted by atomic mass is 10.1. The van der Waals surface area contributed by atoms with Crippen LogP contribution >= 0.6 is 0 Å². The van der Waals surface area contributed by atoms with Crippen LogP contribution in [0.3, 0.4) is 0 Å². The molecule has 116 valence electrons. The Bertz CT molecular complexity index is 828. The monoisotopic (exact) mass is 312 g/mol. The number of ether oxygens (including phenoxy) is 1. The molecule has 0 unspecified atom stereocenters. The smallest absolute Gasteiger partial charge is 0.261 e. The molecule has 0 atom stereocenters. The van der Waals surface area contributed by atoms with Crippen LogP contribution < -0.4 is 10.1 Å². The predicted octanol–water partition coefficient (Wildman–Crippen LogP) is 3.74. The molecule has 0 aliphatic carbocycles. The highest BCUT2D eigenvalue weighted by Gasteiger charge is 2.18. The van der Waals surface area contributed by atoms with Crippen LogP contribution in [0.4, 0.5) is 10.1 Å². The third-order valence-corrected chi connectivity index (χ3v) is 3.25.